The van der Waals surface area contributed by atoms with Crippen LogP contribution in [-0.2, 0) is 14.4 Å². The number of anilines is 3. The highest BCUT2D eigenvalue weighted by molar-refractivity contribution is 6.37. The molecule has 0 fully saturated rings. The molecule has 1 aliphatic rings. The van der Waals surface area contributed by atoms with Crippen molar-refractivity contribution in [2.45, 2.75) is 20.8 Å². The van der Waals surface area contributed by atoms with Crippen molar-refractivity contribution in [2.24, 2.45) is 5.73 Å². The summed E-state index contributed by atoms with van der Waals surface area (Å²) in [4.78, 5) is 38.1. The first-order valence-electron chi connectivity index (χ1n) is 12.3. The SMILES string of the molecule is CCOc1cc2c(cc1OCC)C(=C(Nc1ccc(N(CC(N)=O)C(C)=O)cc1)c1ccccc1)C(=O)N2. The number of nitrogens with one attached hydrogen (secondary N) is 2. The van der Waals surface area contributed by atoms with Crippen LogP contribution in [0.3, 0.4) is 0 Å². The monoisotopic (exact) mass is 514 g/mol. The summed E-state index contributed by atoms with van der Waals surface area (Å²) in [5.41, 5.74) is 9.69. The van der Waals surface area contributed by atoms with Gasteiger partial charge in [-0.05, 0) is 49.7 Å². The molecule has 3 aromatic carbocycles. The lowest BCUT2D eigenvalue weighted by atomic mass is 9.99. The zero-order valence-electron chi connectivity index (χ0n) is 21.5. The molecule has 0 bridgehead atoms. The molecule has 196 valence electrons. The van der Waals surface area contributed by atoms with Crippen LogP contribution >= 0.6 is 0 Å². The van der Waals surface area contributed by atoms with Crippen LogP contribution in [0, 0.1) is 0 Å². The maximum Gasteiger partial charge on any atom is 0.258 e. The van der Waals surface area contributed by atoms with Gasteiger partial charge >= 0.3 is 0 Å². The summed E-state index contributed by atoms with van der Waals surface area (Å²) >= 11 is 0. The molecule has 0 spiro atoms. The molecule has 3 amide bonds. The molecule has 0 aromatic heterocycles. The summed E-state index contributed by atoms with van der Waals surface area (Å²) in [6, 6.07) is 20.1. The van der Waals surface area contributed by atoms with E-state index in [1.54, 1.807) is 30.3 Å². The Morgan fingerprint density at radius 1 is 0.947 bits per heavy atom. The smallest absolute Gasteiger partial charge is 0.258 e. The molecule has 0 saturated carbocycles. The van der Waals surface area contributed by atoms with Gasteiger partial charge in [0.2, 0.25) is 11.8 Å². The first-order valence-corrected chi connectivity index (χ1v) is 12.3. The molecule has 1 aliphatic heterocycles. The van der Waals surface area contributed by atoms with E-state index in [1.165, 1.54) is 11.8 Å². The molecule has 1 heterocycles. The molecule has 0 atom stereocenters. The molecule has 38 heavy (non-hydrogen) atoms. The molecule has 0 aliphatic carbocycles. The minimum Gasteiger partial charge on any atom is -0.490 e. The Kier molecular flexibility index (Phi) is 7.96. The minimum absolute atomic E-state index is 0.218. The molecule has 0 radical (unpaired) electrons. The zero-order chi connectivity index (χ0) is 27.2. The summed E-state index contributed by atoms with van der Waals surface area (Å²) in [5, 5.41) is 6.33. The van der Waals surface area contributed by atoms with Gasteiger partial charge in [0.15, 0.2) is 11.5 Å². The lowest BCUT2D eigenvalue weighted by Gasteiger charge is -2.20. The molecular weight excluding hydrogens is 484 g/mol. The van der Waals surface area contributed by atoms with Crippen LogP contribution in [-0.4, -0.2) is 37.5 Å². The minimum atomic E-state index is -0.608. The Morgan fingerprint density at radius 2 is 1.58 bits per heavy atom. The molecule has 4 N–H and O–H groups in total. The Morgan fingerprint density at radius 3 is 2.16 bits per heavy atom. The van der Waals surface area contributed by atoms with Gasteiger partial charge in [0.1, 0.15) is 6.54 Å². The molecule has 0 unspecified atom stereocenters. The van der Waals surface area contributed by atoms with Gasteiger partial charge in [-0.15, -0.1) is 0 Å². The van der Waals surface area contributed by atoms with Gasteiger partial charge in [-0.1, -0.05) is 30.3 Å². The van der Waals surface area contributed by atoms with E-state index in [2.05, 4.69) is 10.6 Å². The average molecular weight is 515 g/mol. The number of primary amides is 1. The van der Waals surface area contributed by atoms with Crippen LogP contribution in [0.2, 0.25) is 0 Å². The third kappa shape index (κ3) is 5.62. The van der Waals surface area contributed by atoms with Crippen molar-refractivity contribution < 1.29 is 23.9 Å². The first kappa shape index (κ1) is 26.3. The van der Waals surface area contributed by atoms with E-state index in [9.17, 15) is 14.4 Å². The van der Waals surface area contributed by atoms with E-state index in [0.29, 0.717) is 58.6 Å². The standard InChI is InChI=1S/C29H30N4O5/c1-4-37-24-15-22-23(16-25(24)38-5-2)32-29(36)27(22)28(19-9-7-6-8-10-19)31-20-11-13-21(14-12-20)33(18(3)34)17-26(30)35/h6-16,31H,4-5,17H2,1-3H3,(H2,30,35)(H,32,36). The number of amides is 3. The van der Waals surface area contributed by atoms with E-state index in [4.69, 9.17) is 15.2 Å². The predicted octanol–water partition coefficient (Wildman–Crippen LogP) is 4.25. The molecule has 4 rings (SSSR count). The Bertz CT molecular complexity index is 1380. The summed E-state index contributed by atoms with van der Waals surface area (Å²) in [6.45, 7) is 5.84. The number of nitrogens with two attached hydrogens (primary N) is 1. The second-order valence-corrected chi connectivity index (χ2v) is 8.52. The second kappa shape index (κ2) is 11.5. The van der Waals surface area contributed by atoms with Gasteiger partial charge in [-0.2, -0.15) is 0 Å². The van der Waals surface area contributed by atoms with Crippen molar-refractivity contribution in [3.8, 4) is 11.5 Å². The maximum absolute atomic E-state index is 13.3. The lowest BCUT2D eigenvalue weighted by Crippen LogP contribution is -2.37. The number of ether oxygens (including phenoxy) is 2. The van der Waals surface area contributed by atoms with E-state index in [-0.39, 0.29) is 18.4 Å². The predicted molar refractivity (Wildman–Crippen MR) is 148 cm³/mol. The molecule has 9 nitrogen and oxygen atoms in total. The van der Waals surface area contributed by atoms with Crippen LogP contribution in [0.4, 0.5) is 17.1 Å². The van der Waals surface area contributed by atoms with Crippen LogP contribution in [0.5, 0.6) is 11.5 Å². The summed E-state index contributed by atoms with van der Waals surface area (Å²) in [6.07, 6.45) is 0. The van der Waals surface area contributed by atoms with Crippen molar-refractivity contribution >= 4 is 46.1 Å². The number of rotatable bonds is 10. The number of nitrogens with zero attached hydrogens (tertiary/aromatic N) is 1. The Balaban J connectivity index is 1.79. The summed E-state index contributed by atoms with van der Waals surface area (Å²) < 4.78 is 11.5. The third-order valence-electron chi connectivity index (χ3n) is 5.88. The largest absolute Gasteiger partial charge is 0.490 e. The molecule has 3 aromatic rings. The highest BCUT2D eigenvalue weighted by Gasteiger charge is 2.30. The summed E-state index contributed by atoms with van der Waals surface area (Å²) in [5.74, 6) is -0.0537. The molecular formula is C29H30N4O5. The van der Waals surface area contributed by atoms with Gasteiger partial charge in [0, 0.05) is 29.9 Å². The highest BCUT2D eigenvalue weighted by atomic mass is 16.5. The van der Waals surface area contributed by atoms with E-state index >= 15 is 0 Å². The topological polar surface area (TPSA) is 123 Å². The van der Waals surface area contributed by atoms with Gasteiger partial charge in [0.25, 0.3) is 5.91 Å². The number of benzene rings is 3. The Labute approximate surface area is 221 Å². The summed E-state index contributed by atoms with van der Waals surface area (Å²) in [7, 11) is 0. The third-order valence-corrected chi connectivity index (χ3v) is 5.88. The Hall–Kier alpha value is -4.79. The number of hydrogen-bond donors (Lipinski definition) is 3. The van der Waals surface area contributed by atoms with Gasteiger partial charge in [-0.25, -0.2) is 0 Å². The fourth-order valence-corrected chi connectivity index (χ4v) is 4.26. The van der Waals surface area contributed by atoms with Crippen LogP contribution in [0.15, 0.2) is 66.7 Å². The van der Waals surface area contributed by atoms with Crippen molar-refractivity contribution in [1.82, 2.24) is 0 Å². The fraction of sp³-hybridized carbons (Fsp3) is 0.207. The van der Waals surface area contributed by atoms with Crippen molar-refractivity contribution in [3.05, 3.63) is 77.9 Å². The van der Waals surface area contributed by atoms with Gasteiger partial charge in [-0.3, -0.25) is 14.4 Å². The lowest BCUT2D eigenvalue weighted by molar-refractivity contribution is -0.121. The van der Waals surface area contributed by atoms with E-state index < -0.39 is 5.91 Å². The normalized spacial score (nSPS) is 13.3. The number of carbonyl (C=O) groups excluding carboxylic acids is 3. The fourth-order valence-electron chi connectivity index (χ4n) is 4.26. The highest BCUT2D eigenvalue weighted by Crippen LogP contribution is 2.43. The zero-order valence-corrected chi connectivity index (χ0v) is 21.5. The number of hydrogen-bond acceptors (Lipinski definition) is 6. The average Bonchev–Trinajstić information content (AvgIpc) is 3.21. The van der Waals surface area contributed by atoms with Crippen LogP contribution in [0.1, 0.15) is 31.9 Å². The number of carbonyl (C=O) groups is 3. The quantitative estimate of drug-likeness (QED) is 0.348. The number of fused-ring (bicyclic) bond motifs is 1. The van der Waals surface area contributed by atoms with E-state index in [1.807, 2.05) is 50.2 Å². The van der Waals surface area contributed by atoms with E-state index in [0.717, 1.165) is 5.56 Å². The van der Waals surface area contributed by atoms with Gasteiger partial charge in [0.05, 0.1) is 30.2 Å². The van der Waals surface area contributed by atoms with Crippen LogP contribution in [0.25, 0.3) is 11.3 Å². The first-order chi connectivity index (χ1) is 18.3. The second-order valence-electron chi connectivity index (χ2n) is 8.52. The molecule has 0 saturated heterocycles. The van der Waals surface area contributed by atoms with Crippen molar-refractivity contribution in [1.29, 1.82) is 0 Å². The molecule has 9 heteroatoms. The van der Waals surface area contributed by atoms with Crippen LogP contribution < -0.4 is 30.7 Å². The van der Waals surface area contributed by atoms with Gasteiger partial charge < -0.3 is 30.7 Å². The maximum atomic E-state index is 13.3. The van der Waals surface area contributed by atoms with Crippen molar-refractivity contribution in [2.75, 3.05) is 35.3 Å². The van der Waals surface area contributed by atoms with Crippen molar-refractivity contribution in [3.63, 3.8) is 0 Å².